The summed E-state index contributed by atoms with van der Waals surface area (Å²) in [6.07, 6.45) is 0.418. The molecular formula is C19H29NO6. The van der Waals surface area contributed by atoms with Crippen LogP contribution in [0.4, 0.5) is 0 Å². The molecule has 0 radical (unpaired) electrons. The van der Waals surface area contributed by atoms with Crippen LogP contribution in [0.15, 0.2) is 11.6 Å². The molecule has 0 aromatic heterocycles. The van der Waals surface area contributed by atoms with E-state index in [-0.39, 0.29) is 18.9 Å². The number of allylic oxidation sites excluding steroid dienone is 2. The van der Waals surface area contributed by atoms with Gasteiger partial charge in [0.2, 0.25) is 11.8 Å². The molecule has 0 saturated carbocycles. The van der Waals surface area contributed by atoms with Gasteiger partial charge in [-0.25, -0.2) is 0 Å². The molecule has 7 nitrogen and oxygen atoms in total. The van der Waals surface area contributed by atoms with Gasteiger partial charge >= 0.3 is 5.97 Å². The van der Waals surface area contributed by atoms with E-state index in [9.17, 15) is 19.2 Å². The second kappa shape index (κ2) is 8.58. The molecule has 3 atom stereocenters. The Balaban J connectivity index is 3.57. The van der Waals surface area contributed by atoms with E-state index < -0.39 is 41.1 Å². The smallest absolute Gasteiger partial charge is 0.320 e. The molecule has 7 heteroatoms. The van der Waals surface area contributed by atoms with E-state index in [1.807, 2.05) is 13.8 Å². The first kappa shape index (κ1) is 22.0. The van der Waals surface area contributed by atoms with Gasteiger partial charge in [0, 0.05) is 19.3 Å². The topological polar surface area (TPSA) is 90.0 Å². The Morgan fingerprint density at radius 3 is 2.19 bits per heavy atom. The first-order valence-electron chi connectivity index (χ1n) is 8.69. The number of hydrogen-bond acceptors (Lipinski definition) is 6. The molecule has 1 rings (SSSR count). The molecule has 1 saturated heterocycles. The van der Waals surface area contributed by atoms with Crippen molar-refractivity contribution in [2.45, 2.75) is 66.7 Å². The van der Waals surface area contributed by atoms with Crippen LogP contribution in [0, 0.1) is 11.3 Å². The molecule has 1 fully saturated rings. The molecule has 0 N–H and O–H groups in total. The van der Waals surface area contributed by atoms with Crippen molar-refractivity contribution in [2.24, 2.45) is 11.3 Å². The minimum Gasteiger partial charge on any atom is -0.468 e. The van der Waals surface area contributed by atoms with Crippen LogP contribution in [0.25, 0.3) is 0 Å². The second-order valence-corrected chi connectivity index (χ2v) is 7.17. The van der Waals surface area contributed by atoms with Crippen molar-refractivity contribution in [3.63, 3.8) is 0 Å². The fourth-order valence-corrected chi connectivity index (χ4v) is 3.40. The van der Waals surface area contributed by atoms with Gasteiger partial charge in [-0.05, 0) is 41.0 Å². The van der Waals surface area contributed by atoms with Gasteiger partial charge < -0.3 is 9.47 Å². The number of carbonyl (C=O) groups is 4. The summed E-state index contributed by atoms with van der Waals surface area (Å²) in [5.74, 6) is -2.89. The Morgan fingerprint density at radius 2 is 1.81 bits per heavy atom. The highest BCUT2D eigenvalue weighted by Gasteiger charge is 2.59. The number of imide groups is 1. The summed E-state index contributed by atoms with van der Waals surface area (Å²) in [5, 5.41) is 0. The van der Waals surface area contributed by atoms with E-state index in [2.05, 4.69) is 0 Å². The molecule has 0 spiro atoms. The third kappa shape index (κ3) is 4.20. The number of ether oxygens (including phenoxy) is 2. The van der Waals surface area contributed by atoms with Gasteiger partial charge in [-0.1, -0.05) is 11.6 Å². The van der Waals surface area contributed by atoms with Gasteiger partial charge in [0.05, 0.1) is 13.2 Å². The molecule has 0 aromatic rings. The number of carbonyl (C=O) groups excluding carboxylic acids is 4. The summed E-state index contributed by atoms with van der Waals surface area (Å²) in [4.78, 5) is 50.9. The zero-order valence-corrected chi connectivity index (χ0v) is 16.6. The maximum absolute atomic E-state index is 12.7. The highest BCUT2D eigenvalue weighted by molar-refractivity contribution is 6.05. The van der Waals surface area contributed by atoms with Crippen LogP contribution in [0.1, 0.15) is 54.4 Å². The van der Waals surface area contributed by atoms with Gasteiger partial charge in [-0.3, -0.25) is 24.1 Å². The fraction of sp³-hybridized carbons (Fsp3) is 0.684. The molecule has 2 amide bonds. The van der Waals surface area contributed by atoms with Crippen molar-refractivity contribution in [2.75, 3.05) is 7.11 Å². The standard InChI is InChI=1S/C19H29NO6/c1-11(2)8-9-19(13(5)21,18(24)25-7)15-10-16(23)20(14(6)22)17(15)26-12(3)4/h8,12,15,17H,9-10H2,1-7H3/t15-,17+,19?/m0/s1. The van der Waals surface area contributed by atoms with E-state index in [1.54, 1.807) is 19.9 Å². The number of Topliss-reactive ketones (excluding diaryl/α,β-unsaturated/α-hetero) is 1. The Hall–Kier alpha value is -2.02. The van der Waals surface area contributed by atoms with Crippen LogP contribution in [-0.4, -0.2) is 47.9 Å². The predicted molar refractivity (Wildman–Crippen MR) is 94.8 cm³/mol. The molecule has 0 aliphatic carbocycles. The van der Waals surface area contributed by atoms with Crippen LogP contribution in [0.5, 0.6) is 0 Å². The van der Waals surface area contributed by atoms with Gasteiger partial charge in [0.25, 0.3) is 0 Å². The lowest BCUT2D eigenvalue weighted by molar-refractivity contribution is -0.176. The molecule has 146 valence electrons. The normalized spacial score (nSPS) is 22.2. The second-order valence-electron chi connectivity index (χ2n) is 7.17. The molecule has 1 aliphatic heterocycles. The summed E-state index contributed by atoms with van der Waals surface area (Å²) in [6.45, 7) is 9.81. The first-order valence-corrected chi connectivity index (χ1v) is 8.69. The van der Waals surface area contributed by atoms with E-state index in [0.717, 1.165) is 10.5 Å². The number of ketones is 1. The number of nitrogens with zero attached hydrogens (tertiary/aromatic N) is 1. The quantitative estimate of drug-likeness (QED) is 0.389. The van der Waals surface area contributed by atoms with E-state index >= 15 is 0 Å². The third-order valence-corrected chi connectivity index (χ3v) is 4.66. The number of likely N-dealkylation sites (tertiary alicyclic amines) is 1. The van der Waals surface area contributed by atoms with Crippen LogP contribution in [0.2, 0.25) is 0 Å². The summed E-state index contributed by atoms with van der Waals surface area (Å²) in [5.41, 5.74) is -0.667. The Labute approximate surface area is 154 Å². The van der Waals surface area contributed by atoms with Crippen molar-refractivity contribution >= 4 is 23.6 Å². The average molecular weight is 367 g/mol. The molecule has 1 unspecified atom stereocenters. The molecule has 0 bridgehead atoms. The van der Waals surface area contributed by atoms with Gasteiger partial charge in [0.1, 0.15) is 17.4 Å². The highest BCUT2D eigenvalue weighted by atomic mass is 16.5. The molecule has 1 heterocycles. The lowest BCUT2D eigenvalue weighted by Gasteiger charge is -2.38. The minimum absolute atomic E-state index is 0.0823. The number of rotatable bonds is 7. The average Bonchev–Trinajstić information content (AvgIpc) is 2.83. The van der Waals surface area contributed by atoms with Gasteiger partial charge in [0.15, 0.2) is 0 Å². The minimum atomic E-state index is -1.59. The first-order chi connectivity index (χ1) is 12.0. The fourth-order valence-electron chi connectivity index (χ4n) is 3.40. The van der Waals surface area contributed by atoms with Crippen LogP contribution in [-0.2, 0) is 28.7 Å². The Kier molecular flexibility index (Phi) is 7.26. The van der Waals surface area contributed by atoms with E-state index in [1.165, 1.54) is 21.0 Å². The summed E-state index contributed by atoms with van der Waals surface area (Å²) in [7, 11) is 1.21. The van der Waals surface area contributed by atoms with Crippen LogP contribution in [0.3, 0.4) is 0 Å². The van der Waals surface area contributed by atoms with Crippen LogP contribution < -0.4 is 0 Å². The largest absolute Gasteiger partial charge is 0.468 e. The van der Waals surface area contributed by atoms with Crippen LogP contribution >= 0.6 is 0 Å². The lowest BCUT2D eigenvalue weighted by Crippen LogP contribution is -2.52. The lowest BCUT2D eigenvalue weighted by atomic mass is 9.68. The SMILES string of the molecule is COC(=O)C(CC=C(C)C)(C(C)=O)[C@H]1CC(=O)N(C(C)=O)[C@@H]1OC(C)C. The monoisotopic (exact) mass is 367 g/mol. The highest BCUT2D eigenvalue weighted by Crippen LogP contribution is 2.45. The van der Waals surface area contributed by atoms with Gasteiger partial charge in [-0.15, -0.1) is 0 Å². The predicted octanol–water partition coefficient (Wildman–Crippen LogP) is 2.24. The zero-order valence-electron chi connectivity index (χ0n) is 16.6. The Bertz CT molecular complexity index is 620. The number of hydrogen-bond donors (Lipinski definition) is 0. The van der Waals surface area contributed by atoms with Crippen molar-refractivity contribution < 1.29 is 28.7 Å². The van der Waals surface area contributed by atoms with Crippen molar-refractivity contribution in [1.29, 1.82) is 0 Å². The van der Waals surface area contributed by atoms with Crippen molar-refractivity contribution in [3.05, 3.63) is 11.6 Å². The number of esters is 1. The molecular weight excluding hydrogens is 338 g/mol. The summed E-state index contributed by atoms with van der Waals surface area (Å²) >= 11 is 0. The summed E-state index contributed by atoms with van der Waals surface area (Å²) < 4.78 is 10.8. The molecule has 0 aromatic carbocycles. The zero-order chi connectivity index (χ0) is 20.2. The van der Waals surface area contributed by atoms with Crippen molar-refractivity contribution in [3.8, 4) is 0 Å². The third-order valence-electron chi connectivity index (χ3n) is 4.66. The van der Waals surface area contributed by atoms with E-state index in [0.29, 0.717) is 0 Å². The molecule has 1 aliphatic rings. The maximum atomic E-state index is 12.7. The summed E-state index contributed by atoms with van der Waals surface area (Å²) in [6, 6.07) is 0. The maximum Gasteiger partial charge on any atom is 0.320 e. The molecule has 26 heavy (non-hydrogen) atoms. The van der Waals surface area contributed by atoms with Crippen molar-refractivity contribution in [1.82, 2.24) is 4.90 Å². The Morgan fingerprint density at radius 1 is 1.23 bits per heavy atom. The van der Waals surface area contributed by atoms with E-state index in [4.69, 9.17) is 9.47 Å². The van der Waals surface area contributed by atoms with Gasteiger partial charge in [-0.2, -0.15) is 0 Å². The number of methoxy groups -OCH3 is 1. The number of amides is 2.